The molecule has 5 rings (SSSR count). The summed E-state index contributed by atoms with van der Waals surface area (Å²) in [6, 6.07) is 13.2. The van der Waals surface area contributed by atoms with Crippen LogP contribution >= 0.6 is 0 Å². The SMILES string of the molecule is O=C(NC[C@H](c1ccccn1)N1CCOCC1)c1ccc(-c2noc(C3CC3)n2)cc1. The van der Waals surface area contributed by atoms with Gasteiger partial charge in [-0.15, -0.1) is 0 Å². The van der Waals surface area contributed by atoms with Gasteiger partial charge < -0.3 is 14.6 Å². The zero-order valence-corrected chi connectivity index (χ0v) is 17.2. The number of pyridine rings is 1. The van der Waals surface area contributed by atoms with Crippen LogP contribution in [-0.2, 0) is 4.74 Å². The maximum atomic E-state index is 12.8. The summed E-state index contributed by atoms with van der Waals surface area (Å²) in [5.74, 6) is 1.58. The molecule has 1 aromatic carbocycles. The Morgan fingerprint density at radius 1 is 1.13 bits per heavy atom. The Morgan fingerprint density at radius 3 is 2.65 bits per heavy atom. The number of carbonyl (C=O) groups excluding carboxylic acids is 1. The van der Waals surface area contributed by atoms with Crippen LogP contribution in [0.1, 0.15) is 46.7 Å². The molecule has 1 aliphatic heterocycles. The molecular formula is C23H25N5O3. The average Bonchev–Trinajstić information content (AvgIpc) is 3.57. The van der Waals surface area contributed by atoms with Crippen LogP contribution in [0, 0.1) is 0 Å². The molecule has 0 spiro atoms. The van der Waals surface area contributed by atoms with Crippen LogP contribution < -0.4 is 5.32 Å². The molecule has 1 aliphatic carbocycles. The number of hydrogen-bond acceptors (Lipinski definition) is 7. The number of rotatable bonds is 7. The highest BCUT2D eigenvalue weighted by Crippen LogP contribution is 2.39. The summed E-state index contributed by atoms with van der Waals surface area (Å²) in [7, 11) is 0. The summed E-state index contributed by atoms with van der Waals surface area (Å²) in [5, 5.41) is 7.13. The molecule has 8 heteroatoms. The lowest BCUT2D eigenvalue weighted by molar-refractivity contribution is 0.0154. The van der Waals surface area contributed by atoms with Crippen LogP contribution in [0.25, 0.3) is 11.4 Å². The Bertz CT molecular complexity index is 1010. The molecule has 2 fully saturated rings. The molecule has 31 heavy (non-hydrogen) atoms. The van der Waals surface area contributed by atoms with Gasteiger partial charge in [0.1, 0.15) is 0 Å². The first-order valence-electron chi connectivity index (χ1n) is 10.7. The number of nitrogens with one attached hydrogen (secondary N) is 1. The molecule has 160 valence electrons. The zero-order chi connectivity index (χ0) is 21.0. The van der Waals surface area contributed by atoms with Crippen molar-refractivity contribution in [3.63, 3.8) is 0 Å². The molecule has 1 N–H and O–H groups in total. The van der Waals surface area contributed by atoms with Crippen molar-refractivity contribution in [2.75, 3.05) is 32.8 Å². The minimum atomic E-state index is -0.118. The number of nitrogens with zero attached hydrogens (tertiary/aromatic N) is 4. The number of carbonyl (C=O) groups is 1. The zero-order valence-electron chi connectivity index (χ0n) is 17.2. The summed E-state index contributed by atoms with van der Waals surface area (Å²) < 4.78 is 10.8. The molecule has 8 nitrogen and oxygen atoms in total. The van der Waals surface area contributed by atoms with E-state index in [2.05, 4.69) is 25.3 Å². The summed E-state index contributed by atoms with van der Waals surface area (Å²) >= 11 is 0. The lowest BCUT2D eigenvalue weighted by Gasteiger charge is -2.34. The predicted octanol–water partition coefficient (Wildman–Crippen LogP) is 2.81. The average molecular weight is 419 g/mol. The molecule has 0 radical (unpaired) electrons. The molecule has 3 aromatic rings. The third-order valence-electron chi connectivity index (χ3n) is 5.75. The lowest BCUT2D eigenvalue weighted by Crippen LogP contribution is -2.44. The van der Waals surface area contributed by atoms with Gasteiger partial charge in [-0.1, -0.05) is 23.4 Å². The summed E-state index contributed by atoms with van der Waals surface area (Å²) in [4.78, 5) is 24.1. The van der Waals surface area contributed by atoms with Crippen LogP contribution in [0.5, 0.6) is 0 Å². The third kappa shape index (κ3) is 4.65. The number of amides is 1. The highest BCUT2D eigenvalue weighted by Gasteiger charge is 2.30. The first-order chi connectivity index (χ1) is 15.3. The number of morpholine rings is 1. The van der Waals surface area contributed by atoms with Crippen molar-refractivity contribution in [3.05, 3.63) is 65.8 Å². The van der Waals surface area contributed by atoms with Gasteiger partial charge >= 0.3 is 0 Å². The van der Waals surface area contributed by atoms with E-state index in [0.717, 1.165) is 37.2 Å². The van der Waals surface area contributed by atoms with Gasteiger partial charge in [-0.25, -0.2) is 0 Å². The minimum absolute atomic E-state index is 0.00787. The van der Waals surface area contributed by atoms with Crippen LogP contribution in [0.4, 0.5) is 0 Å². The second-order valence-electron chi connectivity index (χ2n) is 7.94. The highest BCUT2D eigenvalue weighted by molar-refractivity contribution is 5.94. The van der Waals surface area contributed by atoms with Gasteiger partial charge in [-0.2, -0.15) is 4.98 Å². The van der Waals surface area contributed by atoms with Gasteiger partial charge in [-0.05, 0) is 37.1 Å². The standard InChI is InChI=1S/C23H25N5O3/c29-22(17-6-4-16(5-7-17)21-26-23(31-27-21)18-8-9-18)25-15-20(19-3-1-2-10-24-19)28-11-13-30-14-12-28/h1-7,10,18,20H,8-9,11-15H2,(H,25,29)/t20-/m1/s1. The van der Waals surface area contributed by atoms with Crippen molar-refractivity contribution in [1.82, 2.24) is 25.3 Å². The van der Waals surface area contributed by atoms with E-state index < -0.39 is 0 Å². The van der Waals surface area contributed by atoms with E-state index in [4.69, 9.17) is 9.26 Å². The lowest BCUT2D eigenvalue weighted by atomic mass is 10.1. The van der Waals surface area contributed by atoms with Gasteiger partial charge in [0.15, 0.2) is 0 Å². The predicted molar refractivity (Wildman–Crippen MR) is 113 cm³/mol. The number of ether oxygens (including phenoxy) is 1. The highest BCUT2D eigenvalue weighted by atomic mass is 16.5. The van der Waals surface area contributed by atoms with Crippen molar-refractivity contribution >= 4 is 5.91 Å². The number of aromatic nitrogens is 3. The van der Waals surface area contributed by atoms with E-state index in [9.17, 15) is 4.79 Å². The molecule has 1 atom stereocenters. The first-order valence-corrected chi connectivity index (χ1v) is 10.7. The molecule has 0 bridgehead atoms. The molecule has 2 aromatic heterocycles. The molecule has 3 heterocycles. The smallest absolute Gasteiger partial charge is 0.251 e. The fourth-order valence-corrected chi connectivity index (χ4v) is 3.79. The maximum absolute atomic E-state index is 12.8. The van der Waals surface area contributed by atoms with E-state index in [1.807, 2.05) is 30.3 Å². The minimum Gasteiger partial charge on any atom is -0.379 e. The summed E-state index contributed by atoms with van der Waals surface area (Å²) in [6.07, 6.45) is 4.02. The van der Waals surface area contributed by atoms with Crippen molar-refractivity contribution in [1.29, 1.82) is 0 Å². The van der Waals surface area contributed by atoms with E-state index in [1.165, 1.54) is 0 Å². The third-order valence-corrected chi connectivity index (χ3v) is 5.75. The van der Waals surface area contributed by atoms with E-state index in [1.54, 1.807) is 18.3 Å². The van der Waals surface area contributed by atoms with Gasteiger partial charge in [0, 0.05) is 42.9 Å². The molecule has 1 saturated heterocycles. The normalized spacial score (nSPS) is 17.9. The Balaban J connectivity index is 1.24. The Labute approximate surface area is 180 Å². The van der Waals surface area contributed by atoms with E-state index in [-0.39, 0.29) is 11.9 Å². The quantitative estimate of drug-likeness (QED) is 0.629. The largest absolute Gasteiger partial charge is 0.379 e. The Morgan fingerprint density at radius 2 is 1.94 bits per heavy atom. The maximum Gasteiger partial charge on any atom is 0.251 e. The van der Waals surface area contributed by atoms with Crippen molar-refractivity contribution < 1.29 is 14.1 Å². The molecule has 2 aliphatic rings. The number of benzene rings is 1. The molecular weight excluding hydrogens is 394 g/mol. The number of hydrogen-bond donors (Lipinski definition) is 1. The monoisotopic (exact) mass is 419 g/mol. The van der Waals surface area contributed by atoms with Gasteiger partial charge in [0.25, 0.3) is 5.91 Å². The van der Waals surface area contributed by atoms with Crippen LogP contribution in [0.2, 0.25) is 0 Å². The second-order valence-corrected chi connectivity index (χ2v) is 7.94. The van der Waals surface area contributed by atoms with Crippen LogP contribution in [-0.4, -0.2) is 58.8 Å². The van der Waals surface area contributed by atoms with Crippen molar-refractivity contribution in [2.45, 2.75) is 24.8 Å². The Kier molecular flexibility index (Phi) is 5.73. The fraction of sp³-hybridized carbons (Fsp3) is 0.391. The molecule has 0 unspecified atom stereocenters. The summed E-state index contributed by atoms with van der Waals surface area (Å²) in [6.45, 7) is 3.50. The summed E-state index contributed by atoms with van der Waals surface area (Å²) in [5.41, 5.74) is 2.38. The van der Waals surface area contributed by atoms with Crippen LogP contribution in [0.3, 0.4) is 0 Å². The fourth-order valence-electron chi connectivity index (χ4n) is 3.79. The first kappa shape index (κ1) is 19.8. The molecule has 1 amide bonds. The van der Waals surface area contributed by atoms with Crippen molar-refractivity contribution in [2.24, 2.45) is 0 Å². The van der Waals surface area contributed by atoms with Crippen LogP contribution in [0.15, 0.2) is 53.2 Å². The van der Waals surface area contributed by atoms with Gasteiger partial charge in [0.2, 0.25) is 11.7 Å². The molecule has 1 saturated carbocycles. The van der Waals surface area contributed by atoms with E-state index >= 15 is 0 Å². The van der Waals surface area contributed by atoms with E-state index in [0.29, 0.717) is 43.0 Å². The Hall–Kier alpha value is -3.10. The van der Waals surface area contributed by atoms with Gasteiger partial charge in [0.05, 0.1) is 24.9 Å². The van der Waals surface area contributed by atoms with Gasteiger partial charge in [-0.3, -0.25) is 14.7 Å². The van der Waals surface area contributed by atoms with Crippen molar-refractivity contribution in [3.8, 4) is 11.4 Å². The topological polar surface area (TPSA) is 93.4 Å². The second kappa shape index (κ2) is 8.95.